The highest BCUT2D eigenvalue weighted by molar-refractivity contribution is 6.13. The molecule has 148 valence electrons. The maximum Gasteiger partial charge on any atom is 0.323 e. The van der Waals surface area contributed by atoms with Gasteiger partial charge in [-0.2, -0.15) is 5.10 Å². The molecule has 1 amide bonds. The number of imidazole rings is 1. The van der Waals surface area contributed by atoms with Crippen molar-refractivity contribution in [2.75, 3.05) is 5.32 Å². The number of aromatic nitrogens is 5. The molecule has 0 fully saturated rings. The molecule has 0 spiro atoms. The SMILES string of the molecule is CCn1ncc2c(C(=O)Nc3ccc4[nH]c(=O)[nH]c4c3)cc(-c3ccccc3)nc21. The quantitative estimate of drug-likeness (QED) is 0.430. The number of nitrogens with one attached hydrogen (secondary N) is 3. The average Bonchev–Trinajstić information content (AvgIpc) is 3.35. The lowest BCUT2D eigenvalue weighted by molar-refractivity contribution is 0.102. The van der Waals surface area contributed by atoms with E-state index in [1.807, 2.05) is 37.3 Å². The number of hydrogen-bond acceptors (Lipinski definition) is 4. The van der Waals surface area contributed by atoms with Crippen LogP contribution < -0.4 is 11.0 Å². The summed E-state index contributed by atoms with van der Waals surface area (Å²) in [5.41, 5.74) is 4.37. The van der Waals surface area contributed by atoms with Crippen LogP contribution in [0, 0.1) is 0 Å². The first-order valence-electron chi connectivity index (χ1n) is 9.58. The molecule has 30 heavy (non-hydrogen) atoms. The van der Waals surface area contributed by atoms with Crippen LogP contribution in [0.3, 0.4) is 0 Å². The number of benzene rings is 2. The fraction of sp³-hybridized carbons (Fsp3) is 0.0909. The van der Waals surface area contributed by atoms with Crippen molar-refractivity contribution in [3.63, 3.8) is 0 Å². The molecule has 0 saturated carbocycles. The molecule has 2 aromatic carbocycles. The third-order valence-corrected chi connectivity index (χ3v) is 5.00. The first-order chi connectivity index (χ1) is 14.6. The average molecular weight is 398 g/mol. The van der Waals surface area contributed by atoms with E-state index in [-0.39, 0.29) is 11.6 Å². The largest absolute Gasteiger partial charge is 0.323 e. The predicted molar refractivity (Wildman–Crippen MR) is 116 cm³/mol. The number of carbonyl (C=O) groups excluding carboxylic acids is 1. The van der Waals surface area contributed by atoms with Crippen LogP contribution in [0.4, 0.5) is 5.69 Å². The van der Waals surface area contributed by atoms with Crippen LogP contribution in [0.15, 0.2) is 65.6 Å². The maximum atomic E-state index is 13.2. The number of hydrogen-bond donors (Lipinski definition) is 3. The number of aryl methyl sites for hydroxylation is 1. The first kappa shape index (κ1) is 17.9. The van der Waals surface area contributed by atoms with E-state index < -0.39 is 0 Å². The van der Waals surface area contributed by atoms with Gasteiger partial charge >= 0.3 is 5.69 Å². The van der Waals surface area contributed by atoms with Crippen LogP contribution in [-0.4, -0.2) is 30.6 Å². The van der Waals surface area contributed by atoms with Gasteiger partial charge in [0.2, 0.25) is 0 Å². The minimum Gasteiger partial charge on any atom is -0.322 e. The summed E-state index contributed by atoms with van der Waals surface area (Å²) in [6.07, 6.45) is 1.67. The number of aromatic amines is 2. The smallest absolute Gasteiger partial charge is 0.322 e. The lowest BCUT2D eigenvalue weighted by Crippen LogP contribution is -2.13. The molecule has 8 heteroatoms. The molecule has 3 aromatic heterocycles. The number of amides is 1. The van der Waals surface area contributed by atoms with Crippen LogP contribution in [-0.2, 0) is 6.54 Å². The van der Waals surface area contributed by atoms with E-state index in [0.29, 0.717) is 45.6 Å². The van der Waals surface area contributed by atoms with Crippen molar-refractivity contribution in [1.29, 1.82) is 0 Å². The molecule has 0 saturated heterocycles. The van der Waals surface area contributed by atoms with Gasteiger partial charge in [-0.25, -0.2) is 14.5 Å². The fourth-order valence-electron chi connectivity index (χ4n) is 3.53. The van der Waals surface area contributed by atoms with E-state index in [1.54, 1.807) is 35.1 Å². The van der Waals surface area contributed by atoms with E-state index in [9.17, 15) is 9.59 Å². The van der Waals surface area contributed by atoms with Crippen LogP contribution >= 0.6 is 0 Å². The van der Waals surface area contributed by atoms with Gasteiger partial charge in [0.15, 0.2) is 5.65 Å². The number of pyridine rings is 1. The highest BCUT2D eigenvalue weighted by atomic mass is 16.2. The molecule has 0 atom stereocenters. The van der Waals surface area contributed by atoms with E-state index in [4.69, 9.17) is 4.98 Å². The van der Waals surface area contributed by atoms with E-state index in [0.717, 1.165) is 5.56 Å². The zero-order valence-electron chi connectivity index (χ0n) is 16.1. The second-order valence-electron chi connectivity index (χ2n) is 6.91. The molecule has 3 N–H and O–H groups in total. The molecule has 0 bridgehead atoms. The summed E-state index contributed by atoms with van der Waals surface area (Å²) in [4.78, 5) is 34.8. The molecule has 5 rings (SSSR count). The third-order valence-electron chi connectivity index (χ3n) is 5.00. The molecular weight excluding hydrogens is 380 g/mol. The van der Waals surface area contributed by atoms with Crippen molar-refractivity contribution in [2.45, 2.75) is 13.5 Å². The van der Waals surface area contributed by atoms with Crippen LogP contribution in [0.25, 0.3) is 33.3 Å². The van der Waals surface area contributed by atoms with Gasteiger partial charge in [0.05, 0.1) is 33.9 Å². The summed E-state index contributed by atoms with van der Waals surface area (Å²) < 4.78 is 1.77. The normalized spacial score (nSPS) is 11.2. The van der Waals surface area contributed by atoms with Crippen molar-refractivity contribution in [3.8, 4) is 11.3 Å². The van der Waals surface area contributed by atoms with Crippen molar-refractivity contribution in [3.05, 3.63) is 76.8 Å². The molecule has 0 aliphatic carbocycles. The standard InChI is InChI=1S/C22H18N6O2/c1-2-28-20-16(12-23-28)15(11-18(25-20)13-6-4-3-5-7-13)21(29)24-14-8-9-17-19(10-14)27-22(30)26-17/h3-12H,2H2,1H3,(H,24,29)(H2,26,27,30). The Labute approximate surface area is 170 Å². The Morgan fingerprint density at radius 3 is 2.67 bits per heavy atom. The highest BCUT2D eigenvalue weighted by Gasteiger charge is 2.17. The molecule has 0 aliphatic rings. The van der Waals surface area contributed by atoms with Crippen LogP contribution in [0.5, 0.6) is 0 Å². The monoisotopic (exact) mass is 398 g/mol. The Hall–Kier alpha value is -4.20. The minimum atomic E-state index is -0.288. The molecule has 0 radical (unpaired) electrons. The van der Waals surface area contributed by atoms with Gasteiger partial charge in [0.25, 0.3) is 5.91 Å². The molecule has 3 heterocycles. The van der Waals surface area contributed by atoms with Crippen molar-refractivity contribution in [1.82, 2.24) is 24.7 Å². The van der Waals surface area contributed by atoms with Crippen LogP contribution in [0.1, 0.15) is 17.3 Å². The van der Waals surface area contributed by atoms with Gasteiger partial charge in [-0.15, -0.1) is 0 Å². The van der Waals surface area contributed by atoms with Gasteiger partial charge in [0, 0.05) is 17.8 Å². The molecule has 0 unspecified atom stereocenters. The Morgan fingerprint density at radius 1 is 1.07 bits per heavy atom. The Morgan fingerprint density at radius 2 is 1.87 bits per heavy atom. The third kappa shape index (κ3) is 3.04. The van der Waals surface area contributed by atoms with Gasteiger partial charge in [0.1, 0.15) is 0 Å². The number of H-pyrrole nitrogens is 2. The zero-order valence-corrected chi connectivity index (χ0v) is 16.1. The number of carbonyl (C=O) groups is 1. The molecular formula is C22H18N6O2. The van der Waals surface area contributed by atoms with Crippen molar-refractivity contribution >= 4 is 33.7 Å². The van der Waals surface area contributed by atoms with Crippen LogP contribution in [0.2, 0.25) is 0 Å². The molecule has 0 aliphatic heterocycles. The summed E-state index contributed by atoms with van der Waals surface area (Å²) in [5.74, 6) is -0.271. The molecule has 8 nitrogen and oxygen atoms in total. The van der Waals surface area contributed by atoms with E-state index in [1.165, 1.54) is 0 Å². The van der Waals surface area contributed by atoms with Gasteiger partial charge < -0.3 is 15.3 Å². The highest BCUT2D eigenvalue weighted by Crippen LogP contribution is 2.26. The Kier molecular flexibility index (Phi) is 4.17. The fourth-order valence-corrected chi connectivity index (χ4v) is 3.53. The first-order valence-corrected chi connectivity index (χ1v) is 9.58. The van der Waals surface area contributed by atoms with Gasteiger partial charge in [-0.3, -0.25) is 4.79 Å². The lowest BCUT2D eigenvalue weighted by atomic mass is 10.1. The lowest BCUT2D eigenvalue weighted by Gasteiger charge is -2.09. The van der Waals surface area contributed by atoms with E-state index >= 15 is 0 Å². The second-order valence-corrected chi connectivity index (χ2v) is 6.91. The molecule has 5 aromatic rings. The number of fused-ring (bicyclic) bond motifs is 2. The van der Waals surface area contributed by atoms with Gasteiger partial charge in [-0.1, -0.05) is 30.3 Å². The summed E-state index contributed by atoms with van der Waals surface area (Å²) in [6.45, 7) is 2.63. The number of anilines is 1. The number of nitrogens with zero attached hydrogens (tertiary/aromatic N) is 3. The number of rotatable bonds is 4. The predicted octanol–water partition coefficient (Wildman–Crippen LogP) is 3.54. The van der Waals surface area contributed by atoms with Crippen molar-refractivity contribution in [2.24, 2.45) is 0 Å². The summed E-state index contributed by atoms with van der Waals surface area (Å²) >= 11 is 0. The Balaban J connectivity index is 1.60. The summed E-state index contributed by atoms with van der Waals surface area (Å²) in [7, 11) is 0. The zero-order chi connectivity index (χ0) is 20.7. The summed E-state index contributed by atoms with van der Waals surface area (Å²) in [5, 5.41) is 7.98. The maximum absolute atomic E-state index is 13.2. The summed E-state index contributed by atoms with van der Waals surface area (Å²) in [6, 6.07) is 16.7. The minimum absolute atomic E-state index is 0.271. The second kappa shape index (κ2) is 7.00. The Bertz CT molecular complexity index is 1450. The van der Waals surface area contributed by atoms with E-state index in [2.05, 4.69) is 20.4 Å². The van der Waals surface area contributed by atoms with Gasteiger partial charge in [-0.05, 0) is 31.2 Å². The van der Waals surface area contributed by atoms with Crippen molar-refractivity contribution < 1.29 is 4.79 Å². The topological polar surface area (TPSA) is 108 Å².